The van der Waals surface area contributed by atoms with Crippen molar-refractivity contribution in [1.29, 1.82) is 0 Å². The highest BCUT2D eigenvalue weighted by atomic mass is 32.2. The van der Waals surface area contributed by atoms with Crippen molar-refractivity contribution in [1.82, 2.24) is 0 Å². The van der Waals surface area contributed by atoms with Gasteiger partial charge < -0.3 is 4.74 Å². The molecule has 0 aliphatic heterocycles. The van der Waals surface area contributed by atoms with Crippen LogP contribution in [0.4, 0.5) is 0 Å². The van der Waals surface area contributed by atoms with Crippen LogP contribution in [0.25, 0.3) is 0 Å². The zero-order valence-corrected chi connectivity index (χ0v) is 10.3. The van der Waals surface area contributed by atoms with Crippen molar-refractivity contribution in [3.63, 3.8) is 0 Å². The van der Waals surface area contributed by atoms with Crippen LogP contribution in [0.5, 0.6) is 0 Å². The molecule has 1 rings (SSSR count). The van der Waals surface area contributed by atoms with Gasteiger partial charge in [-0.25, -0.2) is 13.2 Å². The molecule has 4 nitrogen and oxygen atoms in total. The van der Waals surface area contributed by atoms with Crippen molar-refractivity contribution in [2.45, 2.75) is 44.3 Å². The van der Waals surface area contributed by atoms with E-state index in [0.29, 0.717) is 12.8 Å². The maximum atomic E-state index is 11.8. The molecular weight excluding hydrogens is 228 g/mol. The summed E-state index contributed by atoms with van der Waals surface area (Å²) in [6.07, 6.45) is 5.43. The third-order valence-corrected chi connectivity index (χ3v) is 4.61. The smallest absolute Gasteiger partial charge is 0.331 e. The van der Waals surface area contributed by atoms with Crippen LogP contribution < -0.4 is 0 Å². The van der Waals surface area contributed by atoms with Gasteiger partial charge in [-0.05, 0) is 19.8 Å². The number of carbonyl (C=O) groups excluding carboxylic acids is 1. The van der Waals surface area contributed by atoms with Crippen LogP contribution in [-0.4, -0.2) is 26.2 Å². The first-order valence-electron chi connectivity index (χ1n) is 5.65. The van der Waals surface area contributed by atoms with Gasteiger partial charge in [-0.3, -0.25) is 0 Å². The fourth-order valence-electron chi connectivity index (χ4n) is 1.85. The Morgan fingerprint density at radius 3 is 2.50 bits per heavy atom. The Morgan fingerprint density at radius 1 is 1.31 bits per heavy atom. The molecule has 0 spiro atoms. The van der Waals surface area contributed by atoms with E-state index in [4.69, 9.17) is 0 Å². The molecule has 5 heteroatoms. The number of rotatable bonds is 4. The maximum Gasteiger partial charge on any atom is 0.331 e. The minimum Gasteiger partial charge on any atom is -0.463 e. The molecule has 0 atom stereocenters. The van der Waals surface area contributed by atoms with Crippen LogP contribution in [0.3, 0.4) is 0 Å². The quantitative estimate of drug-likeness (QED) is 0.560. The van der Waals surface area contributed by atoms with Gasteiger partial charge in [0.15, 0.2) is 9.84 Å². The highest BCUT2D eigenvalue weighted by molar-refractivity contribution is 7.94. The maximum absolute atomic E-state index is 11.8. The fourth-order valence-corrected chi connectivity index (χ4v) is 3.36. The van der Waals surface area contributed by atoms with E-state index in [-0.39, 0.29) is 11.9 Å². The molecule has 1 aliphatic rings. The van der Waals surface area contributed by atoms with E-state index < -0.39 is 15.8 Å². The Kier molecular flexibility index (Phi) is 4.99. The zero-order valence-electron chi connectivity index (χ0n) is 9.52. The highest BCUT2D eigenvalue weighted by Gasteiger charge is 2.25. The number of hydrogen-bond donors (Lipinski definition) is 0. The van der Waals surface area contributed by atoms with E-state index in [2.05, 4.69) is 4.74 Å². The van der Waals surface area contributed by atoms with Crippen molar-refractivity contribution >= 4 is 15.8 Å². The predicted octanol–water partition coefficient (Wildman–Crippen LogP) is 1.81. The normalized spacial score (nSPS) is 18.8. The number of sulfone groups is 1. The second kappa shape index (κ2) is 6.03. The first-order valence-corrected chi connectivity index (χ1v) is 7.26. The molecule has 1 aliphatic carbocycles. The molecule has 0 amide bonds. The predicted molar refractivity (Wildman–Crippen MR) is 61.6 cm³/mol. The lowest BCUT2D eigenvalue weighted by Gasteiger charge is -2.19. The van der Waals surface area contributed by atoms with Crippen molar-refractivity contribution < 1.29 is 17.9 Å². The summed E-state index contributed by atoms with van der Waals surface area (Å²) in [4.78, 5) is 11.0. The second-order valence-electron chi connectivity index (χ2n) is 3.90. The Morgan fingerprint density at radius 2 is 1.94 bits per heavy atom. The first kappa shape index (κ1) is 13.2. The average molecular weight is 246 g/mol. The van der Waals surface area contributed by atoms with E-state index in [9.17, 15) is 13.2 Å². The molecule has 0 aromatic heterocycles. The molecule has 0 aromatic rings. The largest absolute Gasteiger partial charge is 0.463 e. The second-order valence-corrected chi connectivity index (χ2v) is 6.02. The Balaban J connectivity index is 2.59. The summed E-state index contributed by atoms with van der Waals surface area (Å²) in [5, 5.41) is 0.688. The molecule has 92 valence electrons. The summed E-state index contributed by atoms with van der Waals surface area (Å²) in [5.74, 6) is -0.595. The van der Waals surface area contributed by atoms with Crippen molar-refractivity contribution in [3.05, 3.63) is 11.5 Å². The molecular formula is C11H18O4S. The van der Waals surface area contributed by atoms with E-state index >= 15 is 0 Å². The van der Waals surface area contributed by atoms with E-state index in [1.165, 1.54) is 0 Å². The third kappa shape index (κ3) is 3.96. The van der Waals surface area contributed by atoms with Gasteiger partial charge in [-0.2, -0.15) is 0 Å². The van der Waals surface area contributed by atoms with Gasteiger partial charge in [-0.1, -0.05) is 19.3 Å². The number of ether oxygens (including phenoxy) is 1. The fraction of sp³-hybridized carbons (Fsp3) is 0.727. The zero-order chi connectivity index (χ0) is 12.0. The lowest BCUT2D eigenvalue weighted by Crippen LogP contribution is -2.22. The number of esters is 1. The lowest BCUT2D eigenvalue weighted by molar-refractivity contribution is -0.137. The monoisotopic (exact) mass is 246 g/mol. The highest BCUT2D eigenvalue weighted by Crippen LogP contribution is 2.24. The standard InChI is InChI=1S/C11H18O4S/c1-2-15-11(12)8-9-16(13,14)10-6-4-3-5-7-10/h8-10H,2-7H2,1H3/b9-8-. The van der Waals surface area contributed by atoms with Gasteiger partial charge in [0.05, 0.1) is 11.9 Å². The molecule has 1 saturated carbocycles. The molecule has 0 radical (unpaired) electrons. The van der Waals surface area contributed by atoms with Crippen LogP contribution in [0.2, 0.25) is 0 Å². The van der Waals surface area contributed by atoms with Crippen molar-refractivity contribution in [2.75, 3.05) is 6.61 Å². The summed E-state index contributed by atoms with van der Waals surface area (Å²) in [6, 6.07) is 0. The van der Waals surface area contributed by atoms with E-state index in [0.717, 1.165) is 30.7 Å². The molecule has 0 heterocycles. The van der Waals surface area contributed by atoms with Gasteiger partial charge >= 0.3 is 5.97 Å². The summed E-state index contributed by atoms with van der Waals surface area (Å²) in [6.45, 7) is 1.94. The van der Waals surface area contributed by atoms with Crippen molar-refractivity contribution in [3.8, 4) is 0 Å². The molecule has 0 unspecified atom stereocenters. The summed E-state index contributed by atoms with van der Waals surface area (Å²) in [7, 11) is -3.28. The number of carbonyl (C=O) groups is 1. The molecule has 0 saturated heterocycles. The molecule has 1 fully saturated rings. The summed E-state index contributed by atoms with van der Waals surface area (Å²) >= 11 is 0. The van der Waals surface area contributed by atoms with Gasteiger partial charge in [0.2, 0.25) is 0 Å². The third-order valence-electron chi connectivity index (χ3n) is 2.70. The lowest BCUT2D eigenvalue weighted by atomic mass is 10.0. The molecule has 0 N–H and O–H groups in total. The Bertz CT molecular complexity index is 350. The van der Waals surface area contributed by atoms with Crippen LogP contribution >= 0.6 is 0 Å². The van der Waals surface area contributed by atoms with Gasteiger partial charge in [0.1, 0.15) is 0 Å². The summed E-state index contributed by atoms with van der Waals surface area (Å²) < 4.78 is 28.2. The van der Waals surface area contributed by atoms with Crippen LogP contribution in [0.15, 0.2) is 11.5 Å². The van der Waals surface area contributed by atoms with Crippen molar-refractivity contribution in [2.24, 2.45) is 0 Å². The van der Waals surface area contributed by atoms with Crippen LogP contribution in [0.1, 0.15) is 39.0 Å². The molecule has 16 heavy (non-hydrogen) atoms. The number of hydrogen-bond acceptors (Lipinski definition) is 4. The van der Waals surface area contributed by atoms with Crippen LogP contribution in [0, 0.1) is 0 Å². The summed E-state index contributed by atoms with van der Waals surface area (Å²) in [5.41, 5.74) is 0. The average Bonchev–Trinajstić information content (AvgIpc) is 2.28. The Hall–Kier alpha value is -0.840. The molecule has 0 bridgehead atoms. The van der Waals surface area contributed by atoms with E-state index in [1.807, 2.05) is 0 Å². The molecule has 0 aromatic carbocycles. The van der Waals surface area contributed by atoms with Gasteiger partial charge in [0.25, 0.3) is 0 Å². The Labute approximate surface area is 96.6 Å². The van der Waals surface area contributed by atoms with Crippen LogP contribution in [-0.2, 0) is 19.4 Å². The first-order chi connectivity index (χ1) is 7.56. The topological polar surface area (TPSA) is 60.4 Å². The SMILES string of the molecule is CCOC(=O)/C=C\S(=O)(=O)C1CCCCC1. The minimum absolute atomic E-state index is 0.257. The van der Waals surface area contributed by atoms with E-state index in [1.54, 1.807) is 6.92 Å². The van der Waals surface area contributed by atoms with Gasteiger partial charge in [0, 0.05) is 11.5 Å². The minimum atomic E-state index is -3.28. The van der Waals surface area contributed by atoms with Gasteiger partial charge in [-0.15, -0.1) is 0 Å².